The van der Waals surface area contributed by atoms with Crippen molar-refractivity contribution in [3.05, 3.63) is 17.7 Å². The molecule has 0 aliphatic rings. The van der Waals surface area contributed by atoms with Crippen molar-refractivity contribution in [3.63, 3.8) is 0 Å². The topological polar surface area (TPSA) is 35.1 Å². The normalized spacial score (nSPS) is 11.5. The average Bonchev–Trinajstić information content (AvgIpc) is 2.32. The first kappa shape index (κ1) is 12.0. The Morgan fingerprint density at radius 3 is 2.60 bits per heavy atom. The van der Waals surface area contributed by atoms with Gasteiger partial charge in [-0.25, -0.2) is 13.9 Å². The van der Waals surface area contributed by atoms with Gasteiger partial charge in [0.25, 0.3) is 0 Å². The molecule has 0 saturated carbocycles. The summed E-state index contributed by atoms with van der Waals surface area (Å²) in [4.78, 5) is 11.5. The second-order valence-electron chi connectivity index (χ2n) is 4.39. The molecule has 0 amide bonds. The largest absolute Gasteiger partial charge is 0.457 e. The standard InChI is InChI=1S/C10H16ClN2O2/c1-10(2,3)15-8(14)7-13-6-5-12(4)9(13)11/h5-6H,7H2,1-4H3/q+1. The zero-order chi connectivity index (χ0) is 11.6. The number of ether oxygens (including phenoxy) is 1. The highest BCUT2D eigenvalue weighted by Crippen LogP contribution is 2.09. The number of nitrogens with zero attached hydrogens (tertiary/aromatic N) is 2. The smallest absolute Gasteiger partial charge is 0.355 e. The summed E-state index contributed by atoms with van der Waals surface area (Å²) in [5.41, 5.74) is -0.459. The van der Waals surface area contributed by atoms with E-state index in [2.05, 4.69) is 0 Å². The Kier molecular flexibility index (Phi) is 3.39. The van der Waals surface area contributed by atoms with Gasteiger partial charge >= 0.3 is 11.3 Å². The first-order valence-corrected chi connectivity index (χ1v) is 5.09. The van der Waals surface area contributed by atoms with E-state index < -0.39 is 5.60 Å². The second-order valence-corrected chi connectivity index (χ2v) is 4.73. The van der Waals surface area contributed by atoms with Gasteiger partial charge in [-0.2, -0.15) is 0 Å². The van der Waals surface area contributed by atoms with Crippen molar-refractivity contribution in [2.24, 2.45) is 7.05 Å². The summed E-state index contributed by atoms with van der Waals surface area (Å²) in [7, 11) is 1.81. The maximum atomic E-state index is 11.5. The van der Waals surface area contributed by atoms with E-state index in [0.717, 1.165) is 0 Å². The number of imidazole rings is 1. The lowest BCUT2D eigenvalue weighted by Crippen LogP contribution is -2.29. The number of halogens is 1. The van der Waals surface area contributed by atoms with E-state index in [1.807, 2.05) is 27.8 Å². The van der Waals surface area contributed by atoms with E-state index in [4.69, 9.17) is 16.3 Å². The molecule has 5 heteroatoms. The molecular weight excluding hydrogens is 216 g/mol. The number of rotatable bonds is 2. The lowest BCUT2D eigenvalue weighted by Gasteiger charge is -2.18. The Morgan fingerprint density at radius 2 is 2.20 bits per heavy atom. The predicted octanol–water partition coefficient (Wildman–Crippen LogP) is 1.31. The van der Waals surface area contributed by atoms with Crippen LogP contribution in [0.25, 0.3) is 0 Å². The number of aryl methyl sites for hydroxylation is 1. The van der Waals surface area contributed by atoms with Crippen molar-refractivity contribution in [1.29, 1.82) is 0 Å². The molecule has 15 heavy (non-hydrogen) atoms. The number of hydrogen-bond donors (Lipinski definition) is 0. The molecule has 0 bridgehead atoms. The van der Waals surface area contributed by atoms with E-state index in [0.29, 0.717) is 5.28 Å². The lowest BCUT2D eigenvalue weighted by molar-refractivity contribution is -0.668. The maximum Gasteiger partial charge on any atom is 0.355 e. The fourth-order valence-electron chi connectivity index (χ4n) is 1.14. The van der Waals surface area contributed by atoms with Gasteiger partial charge in [-0.1, -0.05) is 0 Å². The minimum atomic E-state index is -0.459. The van der Waals surface area contributed by atoms with E-state index in [-0.39, 0.29) is 12.5 Å². The molecule has 0 fully saturated rings. The highest BCUT2D eigenvalue weighted by Gasteiger charge is 2.20. The van der Waals surface area contributed by atoms with Crippen LogP contribution in [0.4, 0.5) is 0 Å². The van der Waals surface area contributed by atoms with Gasteiger partial charge < -0.3 is 4.74 Å². The third kappa shape index (κ3) is 3.55. The Morgan fingerprint density at radius 1 is 1.60 bits per heavy atom. The Labute approximate surface area is 94.4 Å². The van der Waals surface area contributed by atoms with Crippen LogP contribution in [0.15, 0.2) is 12.4 Å². The number of hydrogen-bond acceptors (Lipinski definition) is 2. The van der Waals surface area contributed by atoms with Crippen LogP contribution in [-0.4, -0.2) is 16.1 Å². The van der Waals surface area contributed by atoms with Crippen LogP contribution >= 0.6 is 11.6 Å². The summed E-state index contributed by atoms with van der Waals surface area (Å²) in [6, 6.07) is 0. The van der Waals surface area contributed by atoms with Crippen LogP contribution in [0.2, 0.25) is 5.28 Å². The highest BCUT2D eigenvalue weighted by molar-refractivity contribution is 6.27. The maximum absolute atomic E-state index is 11.5. The fraction of sp³-hybridized carbons (Fsp3) is 0.600. The summed E-state index contributed by atoms with van der Waals surface area (Å²) in [5, 5.41) is 0.501. The molecule has 1 aromatic heterocycles. The van der Waals surface area contributed by atoms with Gasteiger partial charge in [0.15, 0.2) is 6.54 Å². The quantitative estimate of drug-likeness (QED) is 0.568. The second kappa shape index (κ2) is 4.23. The van der Waals surface area contributed by atoms with Gasteiger partial charge in [0, 0.05) is 11.6 Å². The van der Waals surface area contributed by atoms with Crippen LogP contribution in [0.1, 0.15) is 20.8 Å². The molecule has 1 aromatic rings. The van der Waals surface area contributed by atoms with Crippen LogP contribution < -0.4 is 4.57 Å². The van der Waals surface area contributed by atoms with Crippen molar-refractivity contribution in [1.82, 2.24) is 4.57 Å². The van der Waals surface area contributed by atoms with Crippen molar-refractivity contribution in [2.75, 3.05) is 0 Å². The van der Waals surface area contributed by atoms with Crippen LogP contribution in [0.3, 0.4) is 0 Å². The molecule has 0 unspecified atom stereocenters. The fourth-order valence-corrected chi connectivity index (χ4v) is 1.31. The van der Waals surface area contributed by atoms with Crippen molar-refractivity contribution < 1.29 is 14.1 Å². The molecule has 0 N–H and O–H groups in total. The number of aromatic nitrogens is 2. The summed E-state index contributed by atoms with van der Waals surface area (Å²) in [6.45, 7) is 5.64. The van der Waals surface area contributed by atoms with Crippen LogP contribution in [0, 0.1) is 0 Å². The van der Waals surface area contributed by atoms with Crippen molar-refractivity contribution >= 4 is 17.6 Å². The van der Waals surface area contributed by atoms with Gasteiger partial charge in [0.1, 0.15) is 18.0 Å². The van der Waals surface area contributed by atoms with Gasteiger partial charge in [-0.3, -0.25) is 0 Å². The summed E-state index contributed by atoms with van der Waals surface area (Å²) in [5.74, 6) is -0.291. The first-order chi connectivity index (χ1) is 6.79. The minimum absolute atomic E-state index is 0.136. The van der Waals surface area contributed by atoms with Gasteiger partial charge in [-0.05, 0) is 20.8 Å². The predicted molar refractivity (Wildman–Crippen MR) is 56.5 cm³/mol. The van der Waals surface area contributed by atoms with E-state index in [9.17, 15) is 4.79 Å². The molecule has 0 aliphatic heterocycles. The first-order valence-electron chi connectivity index (χ1n) is 4.72. The average molecular weight is 232 g/mol. The van der Waals surface area contributed by atoms with E-state index in [1.54, 1.807) is 21.5 Å². The monoisotopic (exact) mass is 231 g/mol. The zero-order valence-electron chi connectivity index (χ0n) is 9.45. The Hall–Kier alpha value is -1.03. The molecule has 0 aliphatic carbocycles. The summed E-state index contributed by atoms with van der Waals surface area (Å²) in [6.07, 6.45) is 3.53. The molecule has 84 valence electrons. The third-order valence-corrected chi connectivity index (χ3v) is 2.20. The van der Waals surface area contributed by atoms with E-state index >= 15 is 0 Å². The van der Waals surface area contributed by atoms with Gasteiger partial charge in [0.05, 0.1) is 7.05 Å². The molecule has 0 saturated heterocycles. The number of esters is 1. The Bertz CT molecular complexity index is 366. The van der Waals surface area contributed by atoms with Gasteiger partial charge in [0.2, 0.25) is 0 Å². The molecule has 1 rings (SSSR count). The van der Waals surface area contributed by atoms with Crippen LogP contribution in [-0.2, 0) is 23.1 Å². The highest BCUT2D eigenvalue weighted by atomic mass is 35.5. The zero-order valence-corrected chi connectivity index (χ0v) is 10.2. The minimum Gasteiger partial charge on any atom is -0.457 e. The van der Waals surface area contributed by atoms with E-state index in [1.165, 1.54) is 0 Å². The van der Waals surface area contributed by atoms with Crippen LogP contribution in [0.5, 0.6) is 0 Å². The number of carbonyl (C=O) groups is 1. The molecule has 0 spiro atoms. The summed E-state index contributed by atoms with van der Waals surface area (Å²) >= 11 is 5.94. The molecular formula is C10H16ClN2O2+. The summed E-state index contributed by atoms with van der Waals surface area (Å²) < 4.78 is 8.54. The molecule has 0 aromatic carbocycles. The number of carbonyl (C=O) groups excluding carboxylic acids is 1. The lowest BCUT2D eigenvalue weighted by atomic mass is 10.2. The van der Waals surface area contributed by atoms with Gasteiger partial charge in [-0.15, -0.1) is 0 Å². The third-order valence-electron chi connectivity index (χ3n) is 1.72. The van der Waals surface area contributed by atoms with Crippen molar-refractivity contribution in [3.8, 4) is 0 Å². The SMILES string of the molecule is C[n+]1ccn(CC(=O)OC(C)(C)C)c1Cl. The molecule has 0 atom stereocenters. The molecule has 0 radical (unpaired) electrons. The molecule has 4 nitrogen and oxygen atoms in total. The Balaban J connectivity index is 2.63. The molecule has 1 heterocycles. The van der Waals surface area contributed by atoms with Crippen molar-refractivity contribution in [2.45, 2.75) is 32.9 Å².